The van der Waals surface area contributed by atoms with Crippen LogP contribution in [0.2, 0.25) is 0 Å². The second-order valence-electron chi connectivity index (χ2n) is 4.58. The maximum atomic E-state index is 12.0. The summed E-state index contributed by atoms with van der Waals surface area (Å²) in [5.41, 5.74) is 0. The average Bonchev–Trinajstić information content (AvgIpc) is 2.83. The number of nitrogens with one attached hydrogen (secondary N) is 2. The van der Waals surface area contributed by atoms with Gasteiger partial charge in [0.2, 0.25) is 5.91 Å². The maximum absolute atomic E-state index is 12.0. The molecular weight excluding hydrogens is 264 g/mol. The highest BCUT2D eigenvalue weighted by molar-refractivity contribution is 7.09. The molecule has 1 saturated heterocycles. The van der Waals surface area contributed by atoms with E-state index in [1.807, 2.05) is 12.3 Å². The van der Waals surface area contributed by atoms with Gasteiger partial charge in [0.1, 0.15) is 5.01 Å². The summed E-state index contributed by atoms with van der Waals surface area (Å²) in [4.78, 5) is 28.8. The number of carbonyl (C=O) groups is 2. The van der Waals surface area contributed by atoms with Crippen molar-refractivity contribution in [3.63, 3.8) is 0 Å². The second-order valence-corrected chi connectivity index (χ2v) is 5.51. The van der Waals surface area contributed by atoms with E-state index in [-0.39, 0.29) is 24.0 Å². The minimum Gasteiger partial charge on any atom is -0.350 e. The molecule has 2 N–H and O–H groups in total. The van der Waals surface area contributed by atoms with Crippen LogP contribution < -0.4 is 10.6 Å². The van der Waals surface area contributed by atoms with Crippen molar-refractivity contribution >= 4 is 23.3 Å². The SMILES string of the molecule is CCC(NC(=O)N1CC(NC(C)=O)C1)c1nccs1. The van der Waals surface area contributed by atoms with Crippen LogP contribution in [-0.2, 0) is 4.79 Å². The van der Waals surface area contributed by atoms with Gasteiger partial charge in [-0.2, -0.15) is 0 Å². The molecule has 1 fully saturated rings. The molecule has 0 saturated carbocycles. The van der Waals surface area contributed by atoms with E-state index in [1.54, 1.807) is 22.4 Å². The Morgan fingerprint density at radius 2 is 2.32 bits per heavy atom. The third-order valence-corrected chi connectivity index (χ3v) is 3.92. The van der Waals surface area contributed by atoms with Crippen LogP contribution in [-0.4, -0.2) is 41.0 Å². The maximum Gasteiger partial charge on any atom is 0.318 e. The molecule has 3 amide bonds. The number of aromatic nitrogens is 1. The molecule has 6 nitrogen and oxygen atoms in total. The van der Waals surface area contributed by atoms with Gasteiger partial charge in [0.15, 0.2) is 0 Å². The molecule has 1 aromatic heterocycles. The van der Waals surface area contributed by atoms with Gasteiger partial charge in [0, 0.05) is 31.6 Å². The van der Waals surface area contributed by atoms with Crippen molar-refractivity contribution < 1.29 is 9.59 Å². The van der Waals surface area contributed by atoms with Crippen molar-refractivity contribution in [1.29, 1.82) is 0 Å². The fraction of sp³-hybridized carbons (Fsp3) is 0.583. The highest BCUT2D eigenvalue weighted by Gasteiger charge is 2.32. The summed E-state index contributed by atoms with van der Waals surface area (Å²) >= 11 is 1.54. The molecule has 1 unspecified atom stereocenters. The van der Waals surface area contributed by atoms with Gasteiger partial charge >= 0.3 is 6.03 Å². The molecule has 1 atom stereocenters. The minimum atomic E-state index is -0.0938. The minimum absolute atomic E-state index is 0.0349. The Morgan fingerprint density at radius 3 is 2.84 bits per heavy atom. The van der Waals surface area contributed by atoms with E-state index in [9.17, 15) is 9.59 Å². The molecular formula is C12H18N4O2S. The molecule has 1 aliphatic heterocycles. The van der Waals surface area contributed by atoms with Crippen LogP contribution in [0, 0.1) is 0 Å². The topological polar surface area (TPSA) is 74.3 Å². The Kier molecular flexibility index (Phi) is 4.36. The fourth-order valence-electron chi connectivity index (χ4n) is 2.01. The second kappa shape index (κ2) is 6.01. The quantitative estimate of drug-likeness (QED) is 0.869. The number of rotatable bonds is 4. The predicted octanol–water partition coefficient (Wildman–Crippen LogP) is 1.12. The first kappa shape index (κ1) is 13.8. The van der Waals surface area contributed by atoms with Crippen molar-refractivity contribution in [2.24, 2.45) is 0 Å². The van der Waals surface area contributed by atoms with Crippen LogP contribution in [0.5, 0.6) is 0 Å². The lowest BCUT2D eigenvalue weighted by atomic mass is 10.1. The predicted molar refractivity (Wildman–Crippen MR) is 72.9 cm³/mol. The lowest BCUT2D eigenvalue weighted by molar-refractivity contribution is -0.120. The third-order valence-electron chi connectivity index (χ3n) is 3.03. The summed E-state index contributed by atoms with van der Waals surface area (Å²) in [5.74, 6) is -0.0562. The molecule has 1 aromatic rings. The average molecular weight is 282 g/mol. The van der Waals surface area contributed by atoms with Gasteiger partial charge in [0.25, 0.3) is 0 Å². The van der Waals surface area contributed by atoms with E-state index in [0.29, 0.717) is 13.1 Å². The first-order valence-electron chi connectivity index (χ1n) is 6.32. The molecule has 0 aromatic carbocycles. The zero-order chi connectivity index (χ0) is 13.8. The van der Waals surface area contributed by atoms with Crippen molar-refractivity contribution in [2.75, 3.05) is 13.1 Å². The summed E-state index contributed by atoms with van der Waals surface area (Å²) < 4.78 is 0. The summed E-state index contributed by atoms with van der Waals surface area (Å²) in [6.45, 7) is 4.64. The molecule has 0 spiro atoms. The Morgan fingerprint density at radius 1 is 1.58 bits per heavy atom. The highest BCUT2D eigenvalue weighted by atomic mass is 32.1. The number of nitrogens with zero attached hydrogens (tertiary/aromatic N) is 2. The zero-order valence-electron chi connectivity index (χ0n) is 11.0. The van der Waals surface area contributed by atoms with Crippen molar-refractivity contribution in [3.8, 4) is 0 Å². The number of urea groups is 1. The van der Waals surface area contributed by atoms with Gasteiger partial charge in [-0.25, -0.2) is 9.78 Å². The molecule has 19 heavy (non-hydrogen) atoms. The van der Waals surface area contributed by atoms with E-state index in [1.165, 1.54) is 6.92 Å². The number of amides is 3. The molecule has 2 rings (SSSR count). The lowest BCUT2D eigenvalue weighted by Gasteiger charge is -2.39. The van der Waals surface area contributed by atoms with Gasteiger partial charge in [-0.15, -0.1) is 11.3 Å². The van der Waals surface area contributed by atoms with Gasteiger partial charge in [-0.3, -0.25) is 4.79 Å². The number of thiazole rings is 1. The number of likely N-dealkylation sites (tertiary alicyclic amines) is 1. The Hall–Kier alpha value is -1.63. The van der Waals surface area contributed by atoms with Crippen LogP contribution >= 0.6 is 11.3 Å². The normalized spacial score (nSPS) is 16.6. The van der Waals surface area contributed by atoms with Gasteiger partial charge in [-0.1, -0.05) is 6.92 Å². The van der Waals surface area contributed by atoms with Crippen molar-refractivity contribution in [3.05, 3.63) is 16.6 Å². The third kappa shape index (κ3) is 3.44. The Balaban J connectivity index is 1.80. The van der Waals surface area contributed by atoms with Crippen LogP contribution in [0.1, 0.15) is 31.3 Å². The molecule has 0 aliphatic carbocycles. The lowest BCUT2D eigenvalue weighted by Crippen LogP contribution is -2.62. The zero-order valence-corrected chi connectivity index (χ0v) is 11.9. The Labute approximate surface area is 116 Å². The fourth-order valence-corrected chi connectivity index (χ4v) is 2.78. The summed E-state index contributed by atoms with van der Waals surface area (Å²) in [6.07, 6.45) is 2.55. The molecule has 0 radical (unpaired) electrons. The van der Waals surface area contributed by atoms with Gasteiger partial charge in [0.05, 0.1) is 12.1 Å². The van der Waals surface area contributed by atoms with E-state index in [2.05, 4.69) is 15.6 Å². The standard InChI is InChI=1S/C12H18N4O2S/c1-3-10(11-13-4-5-19-11)15-12(18)16-6-9(7-16)14-8(2)17/h4-5,9-10H,3,6-7H2,1-2H3,(H,14,17)(H,15,18). The van der Waals surface area contributed by atoms with Crippen LogP contribution in [0.25, 0.3) is 0 Å². The monoisotopic (exact) mass is 282 g/mol. The molecule has 104 valence electrons. The molecule has 2 heterocycles. The first-order valence-corrected chi connectivity index (χ1v) is 7.20. The van der Waals surface area contributed by atoms with Crippen molar-refractivity contribution in [2.45, 2.75) is 32.4 Å². The largest absolute Gasteiger partial charge is 0.350 e. The van der Waals surface area contributed by atoms with Crippen molar-refractivity contribution in [1.82, 2.24) is 20.5 Å². The summed E-state index contributed by atoms with van der Waals surface area (Å²) in [5, 5.41) is 8.58. The number of carbonyl (C=O) groups excluding carboxylic acids is 2. The molecule has 7 heteroatoms. The number of hydrogen-bond acceptors (Lipinski definition) is 4. The molecule has 1 aliphatic rings. The highest BCUT2D eigenvalue weighted by Crippen LogP contribution is 2.19. The molecule has 0 bridgehead atoms. The van der Waals surface area contributed by atoms with E-state index in [4.69, 9.17) is 0 Å². The van der Waals surface area contributed by atoms with E-state index in [0.717, 1.165) is 11.4 Å². The van der Waals surface area contributed by atoms with Gasteiger partial charge in [-0.05, 0) is 6.42 Å². The smallest absolute Gasteiger partial charge is 0.318 e. The van der Waals surface area contributed by atoms with Gasteiger partial charge < -0.3 is 15.5 Å². The van der Waals surface area contributed by atoms with E-state index >= 15 is 0 Å². The van der Waals surface area contributed by atoms with Crippen LogP contribution in [0.3, 0.4) is 0 Å². The van der Waals surface area contributed by atoms with Crippen LogP contribution in [0.15, 0.2) is 11.6 Å². The first-order chi connectivity index (χ1) is 9.10. The summed E-state index contributed by atoms with van der Waals surface area (Å²) in [7, 11) is 0. The number of hydrogen-bond donors (Lipinski definition) is 2. The summed E-state index contributed by atoms with van der Waals surface area (Å²) in [6, 6.07) is -0.0424. The van der Waals surface area contributed by atoms with Crippen LogP contribution in [0.4, 0.5) is 4.79 Å². The van der Waals surface area contributed by atoms with E-state index < -0.39 is 0 Å². The Bertz CT molecular complexity index is 443.